The highest BCUT2D eigenvalue weighted by Gasteiger charge is 2.46. The molecule has 0 aromatic carbocycles. The van der Waals surface area contributed by atoms with Crippen molar-refractivity contribution in [3.05, 3.63) is 24.3 Å². The summed E-state index contributed by atoms with van der Waals surface area (Å²) >= 11 is 0. The van der Waals surface area contributed by atoms with E-state index in [1.165, 1.54) is 38.5 Å². The van der Waals surface area contributed by atoms with Gasteiger partial charge in [-0.2, -0.15) is 0 Å². The molecule has 2 atom stereocenters. The minimum atomic E-state index is 0.519. The Labute approximate surface area is 80.7 Å². The Morgan fingerprint density at radius 1 is 0.923 bits per heavy atom. The lowest BCUT2D eigenvalue weighted by molar-refractivity contribution is 0.211. The van der Waals surface area contributed by atoms with Gasteiger partial charge < -0.3 is 0 Å². The molecule has 0 bridgehead atoms. The van der Waals surface area contributed by atoms with Crippen LogP contribution in [0.25, 0.3) is 0 Å². The largest absolute Gasteiger partial charge is 0.0743 e. The van der Waals surface area contributed by atoms with Gasteiger partial charge in [-0.05, 0) is 31.1 Å². The molecule has 0 N–H and O–H groups in total. The maximum atomic E-state index is 2.48. The van der Waals surface area contributed by atoms with Gasteiger partial charge in [0.2, 0.25) is 0 Å². The molecule has 2 saturated carbocycles. The van der Waals surface area contributed by atoms with Crippen LogP contribution in [0, 0.1) is 17.3 Å². The standard InChI is InChI=1S/C13H18/c1-2-6-12-11(5-1)7-10-13(12)8-3-4-9-13/h3-4,8-9,11-12H,1-2,5-7,10H2. The summed E-state index contributed by atoms with van der Waals surface area (Å²) in [5.74, 6) is 2.05. The SMILES string of the molecule is C1=CC2(C=C1)CCC1CCCCC12. The molecule has 0 radical (unpaired) electrons. The van der Waals surface area contributed by atoms with Crippen LogP contribution in [0.1, 0.15) is 38.5 Å². The highest BCUT2D eigenvalue weighted by molar-refractivity contribution is 5.28. The molecule has 0 aliphatic heterocycles. The molecule has 0 aromatic heterocycles. The van der Waals surface area contributed by atoms with E-state index in [9.17, 15) is 0 Å². The summed E-state index contributed by atoms with van der Waals surface area (Å²) in [6.07, 6.45) is 18.3. The monoisotopic (exact) mass is 174 g/mol. The minimum absolute atomic E-state index is 0.519. The zero-order valence-corrected chi connectivity index (χ0v) is 8.21. The van der Waals surface area contributed by atoms with Gasteiger partial charge in [0.05, 0.1) is 0 Å². The smallest absolute Gasteiger partial charge is 0.00980 e. The normalized spacial score (nSPS) is 40.0. The number of hydrogen-bond donors (Lipinski definition) is 0. The van der Waals surface area contributed by atoms with Crippen LogP contribution in [0.15, 0.2) is 24.3 Å². The van der Waals surface area contributed by atoms with Crippen molar-refractivity contribution in [3.63, 3.8) is 0 Å². The topological polar surface area (TPSA) is 0 Å². The van der Waals surface area contributed by atoms with Gasteiger partial charge in [-0.25, -0.2) is 0 Å². The highest BCUT2D eigenvalue weighted by Crippen LogP contribution is 2.56. The number of hydrogen-bond acceptors (Lipinski definition) is 0. The van der Waals surface area contributed by atoms with Crippen LogP contribution in [0.5, 0.6) is 0 Å². The maximum Gasteiger partial charge on any atom is 0.00980 e. The van der Waals surface area contributed by atoms with Crippen LogP contribution >= 0.6 is 0 Å². The fraction of sp³-hybridized carbons (Fsp3) is 0.692. The first-order chi connectivity index (χ1) is 6.41. The highest BCUT2D eigenvalue weighted by atomic mass is 14.5. The molecule has 0 heterocycles. The van der Waals surface area contributed by atoms with Crippen molar-refractivity contribution in [2.24, 2.45) is 17.3 Å². The lowest BCUT2D eigenvalue weighted by Crippen LogP contribution is -2.26. The molecule has 0 amide bonds. The summed E-state index contributed by atoms with van der Waals surface area (Å²) in [6, 6.07) is 0. The minimum Gasteiger partial charge on any atom is -0.0743 e. The van der Waals surface area contributed by atoms with Gasteiger partial charge in [0.25, 0.3) is 0 Å². The van der Waals surface area contributed by atoms with Crippen molar-refractivity contribution < 1.29 is 0 Å². The number of rotatable bonds is 0. The molecule has 0 aromatic rings. The van der Waals surface area contributed by atoms with E-state index in [4.69, 9.17) is 0 Å². The van der Waals surface area contributed by atoms with Gasteiger partial charge in [0, 0.05) is 5.41 Å². The molecule has 13 heavy (non-hydrogen) atoms. The van der Waals surface area contributed by atoms with Crippen molar-refractivity contribution in [1.82, 2.24) is 0 Å². The molecule has 1 spiro atoms. The third-order valence-corrected chi connectivity index (χ3v) is 4.47. The summed E-state index contributed by atoms with van der Waals surface area (Å²) in [5.41, 5.74) is 0.519. The quantitative estimate of drug-likeness (QED) is 0.525. The second-order valence-electron chi connectivity index (χ2n) is 5.02. The molecular formula is C13H18. The van der Waals surface area contributed by atoms with Crippen molar-refractivity contribution in [1.29, 1.82) is 0 Å². The Hall–Kier alpha value is -0.520. The third-order valence-electron chi connectivity index (χ3n) is 4.47. The van der Waals surface area contributed by atoms with Gasteiger partial charge >= 0.3 is 0 Å². The van der Waals surface area contributed by atoms with E-state index in [0.717, 1.165) is 11.8 Å². The molecule has 2 unspecified atom stereocenters. The average molecular weight is 174 g/mol. The van der Waals surface area contributed by atoms with E-state index in [-0.39, 0.29) is 0 Å². The average Bonchev–Trinajstić information content (AvgIpc) is 2.78. The fourth-order valence-electron chi connectivity index (χ4n) is 3.82. The van der Waals surface area contributed by atoms with Gasteiger partial charge in [0.15, 0.2) is 0 Å². The van der Waals surface area contributed by atoms with Crippen molar-refractivity contribution in [3.8, 4) is 0 Å². The van der Waals surface area contributed by atoms with Crippen LogP contribution in [-0.2, 0) is 0 Å². The number of allylic oxidation sites excluding steroid dienone is 4. The summed E-state index contributed by atoms with van der Waals surface area (Å²) < 4.78 is 0. The van der Waals surface area contributed by atoms with Crippen LogP contribution in [0.3, 0.4) is 0 Å². The zero-order chi connectivity index (χ0) is 8.73. The first-order valence-corrected chi connectivity index (χ1v) is 5.78. The lowest BCUT2D eigenvalue weighted by Gasteiger charge is -2.34. The molecular weight excluding hydrogens is 156 g/mol. The van der Waals surface area contributed by atoms with Crippen LogP contribution in [0.4, 0.5) is 0 Å². The van der Waals surface area contributed by atoms with Crippen LogP contribution < -0.4 is 0 Å². The Bertz CT molecular complexity index is 247. The third kappa shape index (κ3) is 1.04. The van der Waals surface area contributed by atoms with Crippen LogP contribution in [0.2, 0.25) is 0 Å². The van der Waals surface area contributed by atoms with Crippen molar-refractivity contribution in [2.75, 3.05) is 0 Å². The second kappa shape index (κ2) is 2.73. The van der Waals surface area contributed by atoms with E-state index in [1.807, 2.05) is 0 Å². The Balaban J connectivity index is 1.91. The summed E-state index contributed by atoms with van der Waals surface area (Å²) in [6.45, 7) is 0. The van der Waals surface area contributed by atoms with Gasteiger partial charge in [0.1, 0.15) is 0 Å². The van der Waals surface area contributed by atoms with Crippen molar-refractivity contribution in [2.45, 2.75) is 38.5 Å². The molecule has 3 aliphatic rings. The fourth-order valence-corrected chi connectivity index (χ4v) is 3.82. The van der Waals surface area contributed by atoms with Gasteiger partial charge in [-0.1, -0.05) is 43.6 Å². The summed E-state index contributed by atoms with van der Waals surface area (Å²) in [4.78, 5) is 0. The molecule has 0 saturated heterocycles. The Morgan fingerprint density at radius 2 is 1.69 bits per heavy atom. The molecule has 3 rings (SSSR count). The Morgan fingerprint density at radius 3 is 2.54 bits per heavy atom. The maximum absolute atomic E-state index is 2.48. The first kappa shape index (κ1) is 7.84. The van der Waals surface area contributed by atoms with Gasteiger partial charge in [-0.3, -0.25) is 0 Å². The molecule has 70 valence electrons. The van der Waals surface area contributed by atoms with Gasteiger partial charge in [-0.15, -0.1) is 0 Å². The predicted octanol–water partition coefficient (Wildman–Crippen LogP) is 3.70. The summed E-state index contributed by atoms with van der Waals surface area (Å²) in [5, 5.41) is 0. The zero-order valence-electron chi connectivity index (χ0n) is 8.21. The summed E-state index contributed by atoms with van der Waals surface area (Å²) in [7, 11) is 0. The molecule has 3 aliphatic carbocycles. The predicted molar refractivity (Wildman–Crippen MR) is 55.4 cm³/mol. The number of fused-ring (bicyclic) bond motifs is 2. The Kier molecular flexibility index (Phi) is 1.65. The van der Waals surface area contributed by atoms with Crippen LogP contribution in [-0.4, -0.2) is 0 Å². The lowest BCUT2D eigenvalue weighted by atomic mass is 9.70. The molecule has 0 nitrogen and oxygen atoms in total. The second-order valence-corrected chi connectivity index (χ2v) is 5.02. The van der Waals surface area contributed by atoms with E-state index in [2.05, 4.69) is 24.3 Å². The van der Waals surface area contributed by atoms with E-state index in [0.29, 0.717) is 5.41 Å². The molecule has 2 fully saturated rings. The van der Waals surface area contributed by atoms with E-state index in [1.54, 1.807) is 0 Å². The van der Waals surface area contributed by atoms with E-state index >= 15 is 0 Å². The van der Waals surface area contributed by atoms with E-state index < -0.39 is 0 Å². The first-order valence-electron chi connectivity index (χ1n) is 5.78. The molecule has 0 heteroatoms. The van der Waals surface area contributed by atoms with Crippen molar-refractivity contribution >= 4 is 0 Å².